The Bertz CT molecular complexity index is 191. The third-order valence-electron chi connectivity index (χ3n) is 1.42. The molecule has 0 unspecified atom stereocenters. The Morgan fingerprint density at radius 1 is 1.70 bits per heavy atom. The van der Waals surface area contributed by atoms with Gasteiger partial charge in [0.1, 0.15) is 0 Å². The molecule has 2 heteroatoms. The van der Waals surface area contributed by atoms with Crippen LogP contribution in [0.15, 0.2) is 6.07 Å². The van der Waals surface area contributed by atoms with Crippen LogP contribution in [-0.2, 0) is 6.54 Å². The maximum absolute atomic E-state index is 4.21. The molecule has 0 bridgehead atoms. The molecule has 1 heterocycles. The maximum Gasteiger partial charge on any atom is 0.0866 e. The molecule has 0 N–H and O–H groups in total. The molecule has 0 saturated heterocycles. The van der Waals surface area contributed by atoms with Crippen LogP contribution in [0.25, 0.3) is 0 Å². The van der Waals surface area contributed by atoms with Crippen LogP contribution in [0.5, 0.6) is 0 Å². The molecule has 0 fully saturated rings. The molecule has 0 aliphatic rings. The molecule has 0 saturated carbocycles. The fourth-order valence-corrected chi connectivity index (χ4v) is 0.838. The highest BCUT2D eigenvalue weighted by Gasteiger charge is 1.91. The SMILES string of the molecule is CCCCn1[c]cc(C)n1. The van der Waals surface area contributed by atoms with Crippen molar-refractivity contribution in [3.63, 3.8) is 0 Å². The van der Waals surface area contributed by atoms with E-state index >= 15 is 0 Å². The number of unbranched alkanes of at least 4 members (excludes halogenated alkanes) is 1. The van der Waals surface area contributed by atoms with E-state index in [1.54, 1.807) is 0 Å². The van der Waals surface area contributed by atoms with Crippen molar-refractivity contribution in [3.05, 3.63) is 18.0 Å². The van der Waals surface area contributed by atoms with E-state index in [1.807, 2.05) is 17.7 Å². The lowest BCUT2D eigenvalue weighted by Gasteiger charge is -1.95. The highest BCUT2D eigenvalue weighted by atomic mass is 15.3. The standard InChI is InChI=1S/C8H13N2/c1-3-4-6-10-7-5-8(2)9-10/h5H,3-4,6H2,1-2H3. The van der Waals surface area contributed by atoms with Gasteiger partial charge in [-0.15, -0.1) is 0 Å². The van der Waals surface area contributed by atoms with Gasteiger partial charge < -0.3 is 0 Å². The van der Waals surface area contributed by atoms with Gasteiger partial charge in [0.05, 0.1) is 11.9 Å². The molecule has 0 aromatic carbocycles. The van der Waals surface area contributed by atoms with Gasteiger partial charge in [-0.3, -0.25) is 4.68 Å². The minimum Gasteiger partial charge on any atom is -0.263 e. The van der Waals surface area contributed by atoms with Gasteiger partial charge in [-0.05, 0) is 19.4 Å². The Kier molecular flexibility index (Phi) is 2.49. The van der Waals surface area contributed by atoms with Gasteiger partial charge in [-0.25, -0.2) is 0 Å². The number of rotatable bonds is 3. The van der Waals surface area contributed by atoms with Gasteiger partial charge in [0, 0.05) is 6.54 Å². The molecule has 1 rings (SSSR count). The predicted molar refractivity (Wildman–Crippen MR) is 40.7 cm³/mol. The molecule has 2 nitrogen and oxygen atoms in total. The first kappa shape index (κ1) is 7.32. The zero-order valence-corrected chi connectivity index (χ0v) is 6.59. The van der Waals surface area contributed by atoms with Gasteiger partial charge in [0.2, 0.25) is 0 Å². The van der Waals surface area contributed by atoms with Gasteiger partial charge in [-0.2, -0.15) is 5.10 Å². The summed E-state index contributed by atoms with van der Waals surface area (Å²) in [7, 11) is 0. The Morgan fingerprint density at radius 3 is 3.00 bits per heavy atom. The topological polar surface area (TPSA) is 17.8 Å². The summed E-state index contributed by atoms with van der Waals surface area (Å²) < 4.78 is 1.87. The van der Waals surface area contributed by atoms with Gasteiger partial charge in [0.15, 0.2) is 0 Å². The maximum atomic E-state index is 4.21. The average Bonchev–Trinajstić information content (AvgIpc) is 2.31. The van der Waals surface area contributed by atoms with Crippen molar-refractivity contribution in [2.45, 2.75) is 33.2 Å². The van der Waals surface area contributed by atoms with Crippen LogP contribution in [0, 0.1) is 13.1 Å². The molecule has 0 amide bonds. The quantitative estimate of drug-likeness (QED) is 0.621. The van der Waals surface area contributed by atoms with E-state index in [2.05, 4.69) is 18.2 Å². The summed E-state index contributed by atoms with van der Waals surface area (Å²) in [4.78, 5) is 0. The monoisotopic (exact) mass is 137 g/mol. The van der Waals surface area contributed by atoms with Crippen LogP contribution in [0.1, 0.15) is 25.5 Å². The lowest BCUT2D eigenvalue weighted by atomic mass is 10.3. The predicted octanol–water partition coefficient (Wildman–Crippen LogP) is 1.79. The zero-order chi connectivity index (χ0) is 7.40. The number of hydrogen-bond donors (Lipinski definition) is 0. The van der Waals surface area contributed by atoms with E-state index in [1.165, 1.54) is 12.8 Å². The molecular weight excluding hydrogens is 124 g/mol. The van der Waals surface area contributed by atoms with Crippen molar-refractivity contribution in [3.8, 4) is 0 Å². The second kappa shape index (κ2) is 3.40. The Hall–Kier alpha value is -0.790. The minimum atomic E-state index is 1.00. The van der Waals surface area contributed by atoms with E-state index in [0.717, 1.165) is 12.2 Å². The van der Waals surface area contributed by atoms with Gasteiger partial charge in [-0.1, -0.05) is 13.3 Å². The third kappa shape index (κ3) is 1.87. The number of aryl methyl sites for hydroxylation is 2. The number of hydrogen-bond acceptors (Lipinski definition) is 1. The minimum absolute atomic E-state index is 1.00. The first-order valence-electron chi connectivity index (χ1n) is 3.75. The van der Waals surface area contributed by atoms with Crippen LogP contribution < -0.4 is 0 Å². The van der Waals surface area contributed by atoms with Crippen molar-refractivity contribution in [2.24, 2.45) is 0 Å². The first-order valence-corrected chi connectivity index (χ1v) is 3.75. The highest BCUT2D eigenvalue weighted by Crippen LogP contribution is 1.95. The summed E-state index contributed by atoms with van der Waals surface area (Å²) >= 11 is 0. The molecule has 1 aromatic rings. The summed E-state index contributed by atoms with van der Waals surface area (Å²) in [5.41, 5.74) is 1.05. The Labute approximate surface area is 61.9 Å². The Morgan fingerprint density at radius 2 is 2.50 bits per heavy atom. The fourth-order valence-electron chi connectivity index (χ4n) is 0.838. The van der Waals surface area contributed by atoms with Crippen LogP contribution in [0.4, 0.5) is 0 Å². The number of aromatic nitrogens is 2. The lowest BCUT2D eigenvalue weighted by Crippen LogP contribution is -1.98. The second-order valence-electron chi connectivity index (χ2n) is 2.49. The van der Waals surface area contributed by atoms with Gasteiger partial charge in [0.25, 0.3) is 0 Å². The van der Waals surface area contributed by atoms with E-state index < -0.39 is 0 Å². The van der Waals surface area contributed by atoms with Crippen molar-refractivity contribution in [2.75, 3.05) is 0 Å². The fraction of sp³-hybridized carbons (Fsp3) is 0.625. The first-order chi connectivity index (χ1) is 4.83. The summed E-state index contributed by atoms with van der Waals surface area (Å²) in [5, 5.41) is 4.21. The van der Waals surface area contributed by atoms with Crippen molar-refractivity contribution < 1.29 is 0 Å². The largest absolute Gasteiger partial charge is 0.263 e. The summed E-state index contributed by atoms with van der Waals surface area (Å²) in [6.45, 7) is 5.17. The normalized spacial score (nSPS) is 10.2. The summed E-state index contributed by atoms with van der Waals surface area (Å²) in [6, 6.07) is 1.91. The summed E-state index contributed by atoms with van der Waals surface area (Å²) in [5.74, 6) is 0. The molecule has 10 heavy (non-hydrogen) atoms. The van der Waals surface area contributed by atoms with Crippen LogP contribution >= 0.6 is 0 Å². The summed E-state index contributed by atoms with van der Waals surface area (Å²) in [6.07, 6.45) is 5.45. The van der Waals surface area contributed by atoms with E-state index in [0.29, 0.717) is 0 Å². The third-order valence-corrected chi connectivity index (χ3v) is 1.42. The molecule has 0 aliphatic heterocycles. The average molecular weight is 137 g/mol. The van der Waals surface area contributed by atoms with E-state index in [9.17, 15) is 0 Å². The smallest absolute Gasteiger partial charge is 0.0866 e. The van der Waals surface area contributed by atoms with Crippen LogP contribution in [0.3, 0.4) is 0 Å². The molecule has 0 spiro atoms. The molecule has 1 aromatic heterocycles. The van der Waals surface area contributed by atoms with Gasteiger partial charge >= 0.3 is 0 Å². The van der Waals surface area contributed by atoms with E-state index in [-0.39, 0.29) is 0 Å². The van der Waals surface area contributed by atoms with E-state index in [4.69, 9.17) is 0 Å². The van der Waals surface area contributed by atoms with Crippen LogP contribution in [-0.4, -0.2) is 9.78 Å². The van der Waals surface area contributed by atoms with Crippen molar-refractivity contribution in [1.29, 1.82) is 0 Å². The molecular formula is C8H13N2. The zero-order valence-electron chi connectivity index (χ0n) is 6.59. The van der Waals surface area contributed by atoms with Crippen molar-refractivity contribution in [1.82, 2.24) is 9.78 Å². The number of nitrogens with zero attached hydrogens (tertiary/aromatic N) is 2. The van der Waals surface area contributed by atoms with Crippen molar-refractivity contribution >= 4 is 0 Å². The highest BCUT2D eigenvalue weighted by molar-refractivity contribution is 4.92. The van der Waals surface area contributed by atoms with Crippen LogP contribution in [0.2, 0.25) is 0 Å². The molecule has 0 aliphatic carbocycles. The molecule has 55 valence electrons. The molecule has 0 atom stereocenters. The molecule has 1 radical (unpaired) electrons. The Balaban J connectivity index is 2.42. The lowest BCUT2D eigenvalue weighted by molar-refractivity contribution is 0.565. The second-order valence-corrected chi connectivity index (χ2v) is 2.49.